The minimum atomic E-state index is -3.55. The van der Waals surface area contributed by atoms with Crippen molar-refractivity contribution >= 4 is 38.9 Å². The average molecular weight is 470 g/mol. The number of nitrogens with one attached hydrogen (secondary N) is 1. The van der Waals surface area contributed by atoms with Gasteiger partial charge in [-0.05, 0) is 65.4 Å². The van der Waals surface area contributed by atoms with Crippen molar-refractivity contribution < 1.29 is 18.0 Å². The number of fused-ring (bicyclic) bond motifs is 1. The zero-order valence-corrected chi connectivity index (χ0v) is 19.4. The Balaban J connectivity index is 1.47. The summed E-state index contributed by atoms with van der Waals surface area (Å²) in [4.78, 5) is 28.0. The van der Waals surface area contributed by atoms with E-state index in [0.717, 1.165) is 26.7 Å². The molecule has 1 aliphatic rings. The lowest BCUT2D eigenvalue weighted by molar-refractivity contribution is 0.0739. The van der Waals surface area contributed by atoms with Gasteiger partial charge in [-0.15, -0.1) is 11.3 Å². The molecule has 0 atom stereocenters. The van der Waals surface area contributed by atoms with Crippen LogP contribution in [0.5, 0.6) is 0 Å². The first-order valence-electron chi connectivity index (χ1n) is 10.0. The van der Waals surface area contributed by atoms with Crippen LogP contribution >= 0.6 is 11.3 Å². The Kier molecular flexibility index (Phi) is 6.14. The second-order valence-electron chi connectivity index (χ2n) is 7.70. The summed E-state index contributed by atoms with van der Waals surface area (Å²) in [6.45, 7) is 1.16. The van der Waals surface area contributed by atoms with Crippen LogP contribution in [0.2, 0.25) is 0 Å². The van der Waals surface area contributed by atoms with Crippen LogP contribution in [0.25, 0.3) is 0 Å². The van der Waals surface area contributed by atoms with Crippen LogP contribution in [0.4, 0.5) is 5.69 Å². The lowest BCUT2D eigenvalue weighted by atomic mass is 9.98. The van der Waals surface area contributed by atoms with Crippen LogP contribution in [0, 0.1) is 0 Å². The van der Waals surface area contributed by atoms with Gasteiger partial charge in [-0.3, -0.25) is 9.59 Å². The molecule has 0 bridgehead atoms. The van der Waals surface area contributed by atoms with Crippen molar-refractivity contribution in [2.45, 2.75) is 17.9 Å². The molecule has 0 fully saturated rings. The number of nitrogens with zero attached hydrogens (tertiary/aromatic N) is 2. The van der Waals surface area contributed by atoms with Gasteiger partial charge < -0.3 is 10.2 Å². The van der Waals surface area contributed by atoms with Crippen molar-refractivity contribution in [3.8, 4) is 0 Å². The smallest absolute Gasteiger partial charge is 0.264 e. The maximum Gasteiger partial charge on any atom is 0.264 e. The van der Waals surface area contributed by atoms with Crippen LogP contribution in [0.1, 0.15) is 31.2 Å². The number of benzene rings is 2. The Bertz CT molecular complexity index is 1250. The molecule has 0 saturated heterocycles. The van der Waals surface area contributed by atoms with Gasteiger partial charge in [0.1, 0.15) is 0 Å². The molecule has 0 radical (unpaired) electrons. The van der Waals surface area contributed by atoms with E-state index in [1.165, 1.54) is 49.7 Å². The molecule has 1 N–H and O–H groups in total. The third-order valence-corrected chi connectivity index (χ3v) is 8.08. The number of amides is 2. The highest BCUT2D eigenvalue weighted by molar-refractivity contribution is 7.89. The zero-order chi connectivity index (χ0) is 22.9. The second kappa shape index (κ2) is 8.85. The molecule has 2 amide bonds. The lowest BCUT2D eigenvalue weighted by Crippen LogP contribution is -2.35. The van der Waals surface area contributed by atoms with Gasteiger partial charge in [0.15, 0.2) is 0 Å². The number of sulfonamides is 1. The van der Waals surface area contributed by atoms with Crippen LogP contribution in [0.3, 0.4) is 0 Å². The van der Waals surface area contributed by atoms with E-state index in [0.29, 0.717) is 24.3 Å². The molecule has 0 unspecified atom stereocenters. The Hall–Kier alpha value is -3.01. The van der Waals surface area contributed by atoms with Gasteiger partial charge in [0, 0.05) is 38.4 Å². The van der Waals surface area contributed by atoms with Gasteiger partial charge in [0.25, 0.3) is 11.8 Å². The summed E-state index contributed by atoms with van der Waals surface area (Å²) in [5.41, 5.74) is 3.15. The molecule has 32 heavy (non-hydrogen) atoms. The van der Waals surface area contributed by atoms with Crippen molar-refractivity contribution in [1.82, 2.24) is 9.21 Å². The Labute approximate surface area is 191 Å². The quantitative estimate of drug-likeness (QED) is 0.620. The van der Waals surface area contributed by atoms with E-state index in [1.54, 1.807) is 0 Å². The fourth-order valence-electron chi connectivity index (χ4n) is 3.56. The highest BCUT2D eigenvalue weighted by atomic mass is 32.2. The van der Waals surface area contributed by atoms with E-state index >= 15 is 0 Å². The summed E-state index contributed by atoms with van der Waals surface area (Å²) in [6, 6.07) is 15.2. The monoisotopic (exact) mass is 469 g/mol. The molecule has 3 aromatic rings. The SMILES string of the molecule is CN(C)S(=O)(=O)c1ccc(C(=O)Nc2ccc3c(c2)CN(C(=O)c2cccs2)CC3)cc1. The van der Waals surface area contributed by atoms with E-state index in [1.807, 2.05) is 40.6 Å². The normalized spacial score (nSPS) is 13.7. The molecular formula is C23H23N3O4S2. The number of carbonyl (C=O) groups is 2. The van der Waals surface area contributed by atoms with Crippen molar-refractivity contribution in [1.29, 1.82) is 0 Å². The van der Waals surface area contributed by atoms with Gasteiger partial charge in [-0.2, -0.15) is 0 Å². The molecule has 0 saturated carbocycles. The number of anilines is 1. The molecule has 9 heteroatoms. The first-order chi connectivity index (χ1) is 15.3. The van der Waals surface area contributed by atoms with E-state index in [9.17, 15) is 18.0 Å². The first kappa shape index (κ1) is 22.2. The fourth-order valence-corrected chi connectivity index (χ4v) is 5.15. The molecule has 1 aromatic heterocycles. The summed E-state index contributed by atoms with van der Waals surface area (Å²) in [6.07, 6.45) is 0.766. The predicted molar refractivity (Wildman–Crippen MR) is 124 cm³/mol. The minimum Gasteiger partial charge on any atom is -0.333 e. The Morgan fingerprint density at radius 3 is 2.44 bits per heavy atom. The summed E-state index contributed by atoms with van der Waals surface area (Å²) in [5, 5.41) is 4.75. The van der Waals surface area contributed by atoms with Crippen molar-refractivity contribution in [3.63, 3.8) is 0 Å². The van der Waals surface area contributed by atoms with E-state index in [-0.39, 0.29) is 16.7 Å². The molecule has 2 aromatic carbocycles. The highest BCUT2D eigenvalue weighted by Gasteiger charge is 2.23. The van der Waals surface area contributed by atoms with Gasteiger partial charge >= 0.3 is 0 Å². The van der Waals surface area contributed by atoms with E-state index in [2.05, 4.69) is 5.32 Å². The van der Waals surface area contributed by atoms with Gasteiger partial charge in [-0.25, -0.2) is 12.7 Å². The summed E-state index contributed by atoms with van der Waals surface area (Å²) >= 11 is 1.43. The minimum absolute atomic E-state index is 0.0212. The number of thiophene rings is 1. The van der Waals surface area contributed by atoms with Crippen molar-refractivity contribution in [2.24, 2.45) is 0 Å². The second-order valence-corrected chi connectivity index (χ2v) is 10.8. The third kappa shape index (κ3) is 4.45. The average Bonchev–Trinajstić information content (AvgIpc) is 3.33. The Morgan fingerprint density at radius 1 is 1.03 bits per heavy atom. The summed E-state index contributed by atoms with van der Waals surface area (Å²) in [5.74, 6) is -0.311. The highest BCUT2D eigenvalue weighted by Crippen LogP contribution is 2.25. The zero-order valence-electron chi connectivity index (χ0n) is 17.7. The molecule has 7 nitrogen and oxygen atoms in total. The predicted octanol–water partition coefficient (Wildman–Crippen LogP) is 3.45. The van der Waals surface area contributed by atoms with Crippen LogP contribution in [-0.4, -0.2) is 50.1 Å². The number of rotatable bonds is 5. The molecule has 4 rings (SSSR count). The van der Waals surface area contributed by atoms with E-state index in [4.69, 9.17) is 0 Å². The lowest BCUT2D eigenvalue weighted by Gasteiger charge is -2.29. The molecular weight excluding hydrogens is 446 g/mol. The number of hydrogen-bond acceptors (Lipinski definition) is 5. The Morgan fingerprint density at radius 2 is 1.78 bits per heavy atom. The van der Waals surface area contributed by atoms with Gasteiger partial charge in [0.05, 0.1) is 9.77 Å². The molecule has 166 valence electrons. The molecule has 2 heterocycles. The number of hydrogen-bond donors (Lipinski definition) is 1. The molecule has 0 aliphatic carbocycles. The molecule has 1 aliphatic heterocycles. The fraction of sp³-hybridized carbons (Fsp3) is 0.217. The van der Waals surface area contributed by atoms with Gasteiger partial charge in [0.2, 0.25) is 10.0 Å². The maximum absolute atomic E-state index is 12.7. The first-order valence-corrected chi connectivity index (χ1v) is 12.4. The molecule has 0 spiro atoms. The third-order valence-electron chi connectivity index (χ3n) is 5.39. The summed E-state index contributed by atoms with van der Waals surface area (Å²) in [7, 11) is -0.628. The van der Waals surface area contributed by atoms with Crippen molar-refractivity contribution in [3.05, 3.63) is 81.5 Å². The largest absolute Gasteiger partial charge is 0.333 e. The topological polar surface area (TPSA) is 86.8 Å². The van der Waals surface area contributed by atoms with E-state index < -0.39 is 10.0 Å². The number of carbonyl (C=O) groups excluding carboxylic acids is 2. The van der Waals surface area contributed by atoms with Crippen LogP contribution in [0.15, 0.2) is 64.9 Å². The van der Waals surface area contributed by atoms with Crippen LogP contribution < -0.4 is 5.32 Å². The standard InChI is InChI=1S/C23H23N3O4S2/c1-25(2)32(29,30)20-9-6-17(7-10-20)22(27)24-19-8-5-16-11-12-26(15-18(16)14-19)23(28)21-4-3-13-31-21/h3-10,13-14H,11-12,15H2,1-2H3,(H,24,27). The summed E-state index contributed by atoms with van der Waals surface area (Å²) < 4.78 is 25.5. The van der Waals surface area contributed by atoms with Crippen molar-refractivity contribution in [2.75, 3.05) is 26.0 Å². The van der Waals surface area contributed by atoms with Crippen LogP contribution in [-0.2, 0) is 23.0 Å². The van der Waals surface area contributed by atoms with Gasteiger partial charge in [-0.1, -0.05) is 12.1 Å². The maximum atomic E-state index is 12.7.